The smallest absolute Gasteiger partial charge is 0.257 e. The van der Waals surface area contributed by atoms with E-state index in [2.05, 4.69) is 22.1 Å². The molecule has 1 aliphatic carbocycles. The number of anilines is 1. The summed E-state index contributed by atoms with van der Waals surface area (Å²) in [7, 11) is 0. The first kappa shape index (κ1) is 13.4. The van der Waals surface area contributed by atoms with Crippen molar-refractivity contribution in [3.63, 3.8) is 0 Å². The molecule has 2 fully saturated rings. The molecule has 2 aliphatic rings. The third-order valence-electron chi connectivity index (χ3n) is 4.06. The van der Waals surface area contributed by atoms with Crippen LogP contribution in [-0.2, 0) is 0 Å². The number of rotatable bonds is 4. The maximum absolute atomic E-state index is 12.6. The van der Waals surface area contributed by atoms with Gasteiger partial charge in [-0.3, -0.25) is 4.79 Å². The second-order valence-electron chi connectivity index (χ2n) is 5.54. The molecule has 0 bridgehead atoms. The van der Waals surface area contributed by atoms with E-state index in [-0.39, 0.29) is 5.91 Å². The molecule has 0 spiro atoms. The maximum atomic E-state index is 12.6. The third kappa shape index (κ3) is 2.93. The van der Waals surface area contributed by atoms with Crippen LogP contribution in [0.25, 0.3) is 0 Å². The van der Waals surface area contributed by atoms with Crippen molar-refractivity contribution in [3.05, 3.63) is 23.9 Å². The molecule has 0 unspecified atom stereocenters. The van der Waals surface area contributed by atoms with Crippen molar-refractivity contribution in [1.82, 2.24) is 14.8 Å². The largest absolute Gasteiger partial charge is 0.367 e. The number of carbonyl (C=O) groups excluding carboxylic acids is 1. The van der Waals surface area contributed by atoms with Crippen LogP contribution in [-0.4, -0.2) is 59.5 Å². The molecule has 1 saturated heterocycles. The summed E-state index contributed by atoms with van der Waals surface area (Å²) in [6, 6.07) is 4.23. The summed E-state index contributed by atoms with van der Waals surface area (Å²) in [5.74, 6) is 0.856. The fourth-order valence-corrected chi connectivity index (χ4v) is 2.55. The van der Waals surface area contributed by atoms with Crippen LogP contribution in [0.4, 0.5) is 5.82 Å². The molecule has 0 atom stereocenters. The quantitative estimate of drug-likeness (QED) is 0.902. The maximum Gasteiger partial charge on any atom is 0.257 e. The fourth-order valence-electron chi connectivity index (χ4n) is 2.55. The fraction of sp³-hybridized carbons (Fsp3) is 0.600. The van der Waals surface area contributed by atoms with E-state index in [9.17, 15) is 4.79 Å². The van der Waals surface area contributed by atoms with E-state index >= 15 is 0 Å². The third-order valence-corrected chi connectivity index (χ3v) is 4.06. The molecule has 1 N–H and O–H groups in total. The van der Waals surface area contributed by atoms with E-state index in [1.807, 2.05) is 17.0 Å². The van der Waals surface area contributed by atoms with Crippen LogP contribution in [0.3, 0.4) is 0 Å². The Bertz CT molecular complexity index is 479. The van der Waals surface area contributed by atoms with Gasteiger partial charge in [-0.1, -0.05) is 6.92 Å². The highest BCUT2D eigenvalue weighted by atomic mass is 16.2. The summed E-state index contributed by atoms with van der Waals surface area (Å²) in [6.45, 7) is 6.77. The van der Waals surface area contributed by atoms with Gasteiger partial charge in [0.2, 0.25) is 0 Å². The molecular formula is C15H22N4O. The number of nitrogens with zero attached hydrogens (tertiary/aromatic N) is 3. The van der Waals surface area contributed by atoms with Gasteiger partial charge in [-0.15, -0.1) is 0 Å². The number of nitrogens with one attached hydrogen (secondary N) is 1. The van der Waals surface area contributed by atoms with Gasteiger partial charge in [-0.25, -0.2) is 4.98 Å². The number of amides is 1. The molecule has 1 saturated carbocycles. The zero-order valence-corrected chi connectivity index (χ0v) is 12.0. The average molecular weight is 274 g/mol. The number of hydrogen-bond acceptors (Lipinski definition) is 4. The van der Waals surface area contributed by atoms with Crippen molar-refractivity contribution in [2.24, 2.45) is 0 Å². The van der Waals surface area contributed by atoms with Crippen LogP contribution in [0, 0.1) is 0 Å². The summed E-state index contributed by atoms with van der Waals surface area (Å²) in [4.78, 5) is 21.3. The van der Waals surface area contributed by atoms with Crippen molar-refractivity contribution in [3.8, 4) is 0 Å². The Balaban J connectivity index is 1.70. The van der Waals surface area contributed by atoms with Crippen molar-refractivity contribution in [2.75, 3.05) is 38.0 Å². The number of aromatic nitrogens is 1. The zero-order valence-electron chi connectivity index (χ0n) is 12.0. The first-order chi connectivity index (χ1) is 9.78. The minimum atomic E-state index is 0.108. The number of likely N-dealkylation sites (N-methyl/N-ethyl adjacent to an activating group) is 1. The van der Waals surface area contributed by atoms with Gasteiger partial charge in [-0.05, 0) is 31.5 Å². The Morgan fingerprint density at radius 3 is 2.75 bits per heavy atom. The topological polar surface area (TPSA) is 48.5 Å². The van der Waals surface area contributed by atoms with E-state index in [0.29, 0.717) is 11.6 Å². The molecule has 0 radical (unpaired) electrons. The van der Waals surface area contributed by atoms with Gasteiger partial charge in [-0.2, -0.15) is 0 Å². The summed E-state index contributed by atoms with van der Waals surface area (Å²) in [6.07, 6.45) is 4.11. The first-order valence-corrected chi connectivity index (χ1v) is 7.51. The Hall–Kier alpha value is -1.62. The van der Waals surface area contributed by atoms with Crippen LogP contribution in [0.15, 0.2) is 18.3 Å². The van der Waals surface area contributed by atoms with Crippen LogP contribution >= 0.6 is 0 Å². The molecule has 108 valence electrons. The predicted octanol–water partition coefficient (Wildman–Crippen LogP) is 1.43. The van der Waals surface area contributed by atoms with Crippen molar-refractivity contribution < 1.29 is 4.79 Å². The van der Waals surface area contributed by atoms with Gasteiger partial charge < -0.3 is 15.1 Å². The summed E-state index contributed by atoms with van der Waals surface area (Å²) in [5.41, 5.74) is 0.712. The minimum absolute atomic E-state index is 0.108. The van der Waals surface area contributed by atoms with E-state index < -0.39 is 0 Å². The average Bonchev–Trinajstić information content (AvgIpc) is 3.31. The Labute approximate surface area is 120 Å². The molecule has 5 heteroatoms. The molecule has 2 heterocycles. The van der Waals surface area contributed by atoms with Gasteiger partial charge in [0.1, 0.15) is 5.82 Å². The minimum Gasteiger partial charge on any atom is -0.367 e. The Morgan fingerprint density at radius 1 is 1.35 bits per heavy atom. The highest BCUT2D eigenvalue weighted by Gasteiger charge is 2.27. The lowest BCUT2D eigenvalue weighted by Crippen LogP contribution is -2.48. The lowest BCUT2D eigenvalue weighted by atomic mass is 10.2. The SMILES string of the molecule is CCN1CCN(C(=O)c2cccnc2NC2CC2)CC1. The van der Waals surface area contributed by atoms with Crippen molar-refractivity contribution in [1.29, 1.82) is 0 Å². The highest BCUT2D eigenvalue weighted by molar-refractivity contribution is 5.98. The second-order valence-corrected chi connectivity index (χ2v) is 5.54. The van der Waals surface area contributed by atoms with Gasteiger partial charge in [0.25, 0.3) is 5.91 Å². The van der Waals surface area contributed by atoms with Gasteiger partial charge in [0, 0.05) is 38.4 Å². The van der Waals surface area contributed by atoms with Crippen LogP contribution < -0.4 is 5.32 Å². The summed E-state index contributed by atoms with van der Waals surface area (Å²) >= 11 is 0. The molecule has 20 heavy (non-hydrogen) atoms. The lowest BCUT2D eigenvalue weighted by molar-refractivity contribution is 0.0644. The van der Waals surface area contributed by atoms with E-state index in [1.165, 1.54) is 12.8 Å². The lowest BCUT2D eigenvalue weighted by Gasteiger charge is -2.34. The molecule has 1 aromatic heterocycles. The summed E-state index contributed by atoms with van der Waals surface area (Å²) in [5, 5.41) is 3.36. The van der Waals surface area contributed by atoms with Crippen LogP contribution in [0.2, 0.25) is 0 Å². The van der Waals surface area contributed by atoms with E-state index in [1.54, 1.807) is 6.20 Å². The second kappa shape index (κ2) is 5.79. The number of piperazine rings is 1. The van der Waals surface area contributed by atoms with Crippen LogP contribution in [0.1, 0.15) is 30.1 Å². The van der Waals surface area contributed by atoms with Crippen LogP contribution in [0.5, 0.6) is 0 Å². The molecule has 5 nitrogen and oxygen atoms in total. The predicted molar refractivity (Wildman–Crippen MR) is 78.9 cm³/mol. The number of carbonyl (C=O) groups is 1. The zero-order chi connectivity index (χ0) is 13.9. The monoisotopic (exact) mass is 274 g/mol. The Morgan fingerprint density at radius 2 is 2.10 bits per heavy atom. The highest BCUT2D eigenvalue weighted by Crippen LogP contribution is 2.26. The van der Waals surface area contributed by atoms with E-state index in [0.717, 1.165) is 38.5 Å². The molecule has 0 aromatic carbocycles. The molecule has 1 aromatic rings. The molecule has 1 amide bonds. The van der Waals surface area contributed by atoms with Gasteiger partial charge >= 0.3 is 0 Å². The summed E-state index contributed by atoms with van der Waals surface area (Å²) < 4.78 is 0. The van der Waals surface area contributed by atoms with Crippen molar-refractivity contribution >= 4 is 11.7 Å². The molecular weight excluding hydrogens is 252 g/mol. The standard InChI is InChI=1S/C15H22N4O/c1-2-18-8-10-19(11-9-18)15(20)13-4-3-7-16-14(13)17-12-5-6-12/h3-4,7,12H,2,5-6,8-11H2,1H3,(H,16,17). The number of hydrogen-bond donors (Lipinski definition) is 1. The first-order valence-electron chi connectivity index (χ1n) is 7.51. The number of pyridine rings is 1. The normalized spacial score (nSPS) is 19.9. The Kier molecular flexibility index (Phi) is 3.87. The van der Waals surface area contributed by atoms with Gasteiger partial charge in [0.05, 0.1) is 5.56 Å². The molecule has 1 aliphatic heterocycles. The van der Waals surface area contributed by atoms with E-state index in [4.69, 9.17) is 0 Å². The molecule has 3 rings (SSSR count). The van der Waals surface area contributed by atoms with Crippen molar-refractivity contribution in [2.45, 2.75) is 25.8 Å². The van der Waals surface area contributed by atoms with Gasteiger partial charge in [0.15, 0.2) is 0 Å².